The van der Waals surface area contributed by atoms with Crippen molar-refractivity contribution in [2.45, 2.75) is 12.3 Å². The Morgan fingerprint density at radius 3 is 2.95 bits per heavy atom. The number of nitrogens with zero attached hydrogens (tertiary/aromatic N) is 1. The van der Waals surface area contributed by atoms with Crippen LogP contribution in [0.5, 0.6) is 0 Å². The molecule has 0 bridgehead atoms. The summed E-state index contributed by atoms with van der Waals surface area (Å²) in [6.45, 7) is 0. The summed E-state index contributed by atoms with van der Waals surface area (Å²) in [6.07, 6.45) is 0.0991. The zero-order chi connectivity index (χ0) is 15.9. The number of carbonyl (C=O) groups is 2. The van der Waals surface area contributed by atoms with Gasteiger partial charge in [-0.2, -0.15) is 5.10 Å². The van der Waals surface area contributed by atoms with Crippen LogP contribution in [0.4, 0.5) is 10.2 Å². The van der Waals surface area contributed by atoms with E-state index in [1.54, 1.807) is 0 Å². The quantitative estimate of drug-likeness (QED) is 0.790. The van der Waals surface area contributed by atoms with Crippen LogP contribution in [0, 0.1) is 5.82 Å². The molecule has 0 radical (unpaired) electrons. The first-order chi connectivity index (χ1) is 10.5. The Kier molecular flexibility index (Phi) is 3.58. The third-order valence-electron chi connectivity index (χ3n) is 3.59. The fourth-order valence-corrected chi connectivity index (χ4v) is 2.90. The molecular weight excluding hydrogens is 311 g/mol. The van der Waals surface area contributed by atoms with Gasteiger partial charge in [0.05, 0.1) is 0 Å². The minimum Gasteiger partial charge on any atom is -0.354 e. The van der Waals surface area contributed by atoms with Gasteiger partial charge >= 0.3 is 0 Å². The highest BCUT2D eigenvalue weighted by molar-refractivity contribution is 6.31. The van der Waals surface area contributed by atoms with Crippen LogP contribution >= 0.6 is 11.6 Å². The van der Waals surface area contributed by atoms with Crippen LogP contribution in [0.15, 0.2) is 18.2 Å². The molecule has 1 aromatic carbocycles. The van der Waals surface area contributed by atoms with E-state index in [0.29, 0.717) is 16.9 Å². The molecule has 2 heterocycles. The van der Waals surface area contributed by atoms with Crippen molar-refractivity contribution in [1.82, 2.24) is 15.5 Å². The summed E-state index contributed by atoms with van der Waals surface area (Å²) < 4.78 is 13.2. The monoisotopic (exact) mass is 322 g/mol. The molecule has 1 aliphatic heterocycles. The van der Waals surface area contributed by atoms with E-state index >= 15 is 0 Å². The maximum atomic E-state index is 13.2. The van der Waals surface area contributed by atoms with E-state index in [0.717, 1.165) is 0 Å². The zero-order valence-corrected chi connectivity index (χ0v) is 12.3. The third kappa shape index (κ3) is 2.33. The van der Waals surface area contributed by atoms with Crippen LogP contribution in [0.3, 0.4) is 0 Å². The number of rotatable bonds is 2. The molecule has 6 nitrogen and oxygen atoms in total. The van der Waals surface area contributed by atoms with Gasteiger partial charge in [-0.15, -0.1) is 0 Å². The molecule has 2 aromatic rings. The predicted octanol–water partition coefficient (Wildman–Crippen LogP) is 2.04. The van der Waals surface area contributed by atoms with Gasteiger partial charge < -0.3 is 10.6 Å². The maximum Gasteiger partial charge on any atom is 0.269 e. The van der Waals surface area contributed by atoms with Crippen LogP contribution in [-0.4, -0.2) is 29.1 Å². The Bertz CT molecular complexity index is 774. The maximum absolute atomic E-state index is 13.2. The lowest BCUT2D eigenvalue weighted by atomic mass is 9.85. The third-order valence-corrected chi connectivity index (χ3v) is 3.92. The highest BCUT2D eigenvalue weighted by Crippen LogP contribution is 2.40. The highest BCUT2D eigenvalue weighted by atomic mass is 35.5. The first-order valence-corrected chi connectivity index (χ1v) is 6.94. The lowest BCUT2D eigenvalue weighted by molar-refractivity contribution is -0.116. The first kappa shape index (κ1) is 14.5. The highest BCUT2D eigenvalue weighted by Gasteiger charge is 2.34. The van der Waals surface area contributed by atoms with Crippen LogP contribution in [0.1, 0.15) is 34.0 Å². The van der Waals surface area contributed by atoms with Crippen molar-refractivity contribution in [3.8, 4) is 0 Å². The molecule has 22 heavy (non-hydrogen) atoms. The number of fused-ring (bicyclic) bond motifs is 1. The van der Waals surface area contributed by atoms with E-state index in [2.05, 4.69) is 20.8 Å². The predicted molar refractivity (Wildman–Crippen MR) is 78.5 cm³/mol. The summed E-state index contributed by atoms with van der Waals surface area (Å²) in [6, 6.07) is 3.97. The Morgan fingerprint density at radius 1 is 1.50 bits per heavy atom. The van der Waals surface area contributed by atoms with Crippen LogP contribution < -0.4 is 10.6 Å². The molecular formula is C14H12ClFN4O2. The molecule has 0 fully saturated rings. The summed E-state index contributed by atoms with van der Waals surface area (Å²) in [5, 5.41) is 11.9. The Labute approximate surface area is 130 Å². The second kappa shape index (κ2) is 5.42. The molecule has 1 unspecified atom stereocenters. The SMILES string of the molecule is CNC(=O)c1[nH]nc2c1C(c1ccc(F)cc1Cl)CC(=O)N2. The molecule has 0 saturated heterocycles. The van der Waals surface area contributed by atoms with Gasteiger partial charge in [0.2, 0.25) is 5.91 Å². The van der Waals surface area contributed by atoms with Gasteiger partial charge in [0.1, 0.15) is 11.5 Å². The number of hydrogen-bond acceptors (Lipinski definition) is 3. The number of halogens is 2. The van der Waals surface area contributed by atoms with Gasteiger partial charge in [-0.25, -0.2) is 4.39 Å². The summed E-state index contributed by atoms with van der Waals surface area (Å²) in [4.78, 5) is 23.8. The Morgan fingerprint density at radius 2 is 2.27 bits per heavy atom. The molecule has 1 atom stereocenters. The molecule has 0 spiro atoms. The van der Waals surface area contributed by atoms with E-state index in [1.165, 1.54) is 25.2 Å². The molecule has 0 saturated carbocycles. The van der Waals surface area contributed by atoms with Crippen molar-refractivity contribution in [1.29, 1.82) is 0 Å². The minimum absolute atomic E-state index is 0.0991. The van der Waals surface area contributed by atoms with Crippen molar-refractivity contribution in [3.63, 3.8) is 0 Å². The fraction of sp³-hybridized carbons (Fsp3) is 0.214. The standard InChI is InChI=1S/C14H12ClFN4O2/c1-17-14(22)12-11-8(5-10(21)18-13(11)20-19-12)7-3-2-6(16)4-9(7)15/h2-4,8H,5H2,1H3,(H,17,22)(H2,18,19,20,21). The number of nitrogens with one attached hydrogen (secondary N) is 3. The van der Waals surface area contributed by atoms with Crippen LogP contribution in [0.25, 0.3) is 0 Å². The molecule has 8 heteroatoms. The van der Waals surface area contributed by atoms with Gasteiger partial charge in [-0.05, 0) is 17.7 Å². The van der Waals surface area contributed by atoms with Gasteiger partial charge in [-0.1, -0.05) is 17.7 Å². The number of aromatic nitrogens is 2. The largest absolute Gasteiger partial charge is 0.354 e. The van der Waals surface area contributed by atoms with Crippen molar-refractivity contribution in [2.75, 3.05) is 12.4 Å². The Balaban J connectivity index is 2.16. The number of hydrogen-bond donors (Lipinski definition) is 3. The molecule has 0 aliphatic carbocycles. The molecule has 3 rings (SSSR count). The second-order valence-electron chi connectivity index (χ2n) is 4.91. The number of benzene rings is 1. The smallest absolute Gasteiger partial charge is 0.269 e. The number of amides is 2. The van der Waals surface area contributed by atoms with Crippen molar-refractivity contribution < 1.29 is 14.0 Å². The minimum atomic E-state index is -0.470. The number of aromatic amines is 1. The molecule has 2 amide bonds. The van der Waals surface area contributed by atoms with Crippen molar-refractivity contribution in [2.24, 2.45) is 0 Å². The molecule has 1 aliphatic rings. The van der Waals surface area contributed by atoms with Gasteiger partial charge in [-0.3, -0.25) is 14.7 Å². The van der Waals surface area contributed by atoms with Gasteiger partial charge in [0.15, 0.2) is 5.82 Å². The normalized spacial score (nSPS) is 16.9. The topological polar surface area (TPSA) is 86.9 Å². The average Bonchev–Trinajstić information content (AvgIpc) is 2.89. The first-order valence-electron chi connectivity index (χ1n) is 6.56. The summed E-state index contributed by atoms with van der Waals surface area (Å²) in [7, 11) is 1.50. The van der Waals surface area contributed by atoms with Crippen molar-refractivity contribution >= 4 is 29.2 Å². The van der Waals surface area contributed by atoms with Crippen molar-refractivity contribution in [3.05, 3.63) is 45.9 Å². The average molecular weight is 323 g/mol. The van der Waals surface area contributed by atoms with E-state index in [9.17, 15) is 14.0 Å². The lowest BCUT2D eigenvalue weighted by Gasteiger charge is -2.23. The Hall–Kier alpha value is -2.41. The zero-order valence-electron chi connectivity index (χ0n) is 11.5. The van der Waals surface area contributed by atoms with E-state index in [4.69, 9.17) is 11.6 Å². The van der Waals surface area contributed by atoms with Gasteiger partial charge in [0.25, 0.3) is 5.91 Å². The van der Waals surface area contributed by atoms with E-state index < -0.39 is 11.7 Å². The lowest BCUT2D eigenvalue weighted by Crippen LogP contribution is -2.26. The molecule has 3 N–H and O–H groups in total. The summed E-state index contributed by atoms with van der Waals surface area (Å²) in [5.74, 6) is -1.24. The second-order valence-corrected chi connectivity index (χ2v) is 5.32. The van der Waals surface area contributed by atoms with E-state index in [1.807, 2.05) is 0 Å². The molecule has 1 aromatic heterocycles. The summed E-state index contributed by atoms with van der Waals surface area (Å²) >= 11 is 6.11. The number of anilines is 1. The summed E-state index contributed by atoms with van der Waals surface area (Å²) in [5.41, 5.74) is 1.38. The number of H-pyrrole nitrogens is 1. The van der Waals surface area contributed by atoms with Gasteiger partial charge in [0, 0.05) is 30.0 Å². The fourth-order valence-electron chi connectivity index (χ4n) is 2.60. The molecule has 114 valence electrons. The van der Waals surface area contributed by atoms with E-state index in [-0.39, 0.29) is 29.0 Å². The number of carbonyl (C=O) groups excluding carboxylic acids is 2. The van der Waals surface area contributed by atoms with Crippen LogP contribution in [0.2, 0.25) is 5.02 Å². The van der Waals surface area contributed by atoms with Crippen LogP contribution in [-0.2, 0) is 4.79 Å².